The predicted octanol–water partition coefficient (Wildman–Crippen LogP) is 1.72. The second-order valence-electron chi connectivity index (χ2n) is 4.93. The van der Waals surface area contributed by atoms with E-state index in [1.54, 1.807) is 0 Å². The van der Waals surface area contributed by atoms with Crippen LogP contribution in [0.25, 0.3) is 0 Å². The van der Waals surface area contributed by atoms with Gasteiger partial charge in [-0.3, -0.25) is 9.13 Å². The molecule has 2 heterocycles. The molecule has 116 valence electrons. The van der Waals surface area contributed by atoms with Crippen LogP contribution in [0.15, 0.2) is 11.0 Å². The lowest BCUT2D eigenvalue weighted by atomic mass is 10.1. The minimum atomic E-state index is -0.468. The highest BCUT2D eigenvalue weighted by Crippen LogP contribution is 2.49. The summed E-state index contributed by atoms with van der Waals surface area (Å²) < 4.78 is 17.8. The molecular weight excluding hydrogens is 331 g/mol. The maximum Gasteiger partial charge on any atom is 0.351 e. The number of aliphatic hydroxyl groups excluding tert-OH is 1. The molecule has 10 heteroatoms. The van der Waals surface area contributed by atoms with Gasteiger partial charge in [0.1, 0.15) is 12.0 Å². The van der Waals surface area contributed by atoms with Gasteiger partial charge in [0.2, 0.25) is 0 Å². The predicted molar refractivity (Wildman–Crippen MR) is 85.6 cm³/mol. The minimum Gasteiger partial charge on any atom is -0.391 e. The zero-order valence-corrected chi connectivity index (χ0v) is 14.4. The lowest BCUT2D eigenvalue weighted by molar-refractivity contribution is 0.00504. The number of nitrogens with zero attached hydrogens (tertiary/aromatic N) is 2. The molecule has 1 aromatic rings. The third-order valence-electron chi connectivity index (χ3n) is 3.51. The van der Waals surface area contributed by atoms with Crippen molar-refractivity contribution in [3.8, 4) is 0 Å². The Morgan fingerprint density at radius 2 is 2.43 bits per heavy atom. The Kier molecular flexibility index (Phi) is 6.21. The molecular formula is C11H18N3O4P3. The van der Waals surface area contributed by atoms with E-state index in [0.29, 0.717) is 34.1 Å². The number of hydrogen-bond acceptors (Lipinski definition) is 6. The zero-order valence-electron chi connectivity index (χ0n) is 11.5. The molecule has 0 bridgehead atoms. The van der Waals surface area contributed by atoms with Gasteiger partial charge < -0.3 is 15.6 Å². The van der Waals surface area contributed by atoms with Crippen LogP contribution >= 0.6 is 24.4 Å². The molecule has 1 fully saturated rings. The second kappa shape index (κ2) is 7.71. The number of ether oxygens (including phenoxy) is 1. The Morgan fingerprint density at radius 1 is 1.67 bits per heavy atom. The number of nitrogen functional groups attached to an aromatic ring is 1. The molecule has 0 radical (unpaired) electrons. The van der Waals surface area contributed by atoms with E-state index in [1.807, 2.05) is 0 Å². The van der Waals surface area contributed by atoms with E-state index in [4.69, 9.17) is 10.5 Å². The van der Waals surface area contributed by atoms with Crippen LogP contribution in [0.3, 0.4) is 0 Å². The number of aliphatic hydroxyl groups is 1. The van der Waals surface area contributed by atoms with E-state index >= 15 is 0 Å². The van der Waals surface area contributed by atoms with Crippen LogP contribution in [0, 0.1) is 5.92 Å². The maximum atomic E-state index is 11.9. The molecule has 0 saturated carbocycles. The Balaban J connectivity index is 2.13. The third kappa shape index (κ3) is 4.06. The van der Waals surface area contributed by atoms with Gasteiger partial charge in [-0.05, 0) is 26.5 Å². The summed E-state index contributed by atoms with van der Waals surface area (Å²) >= 11 is 0. The Bertz CT molecular complexity index is 568. The molecule has 3 N–H and O–H groups in total. The fraction of sp³-hybridized carbons (Fsp3) is 0.636. The van der Waals surface area contributed by atoms with Crippen molar-refractivity contribution >= 4 is 30.2 Å². The van der Waals surface area contributed by atoms with Crippen LogP contribution in [0.5, 0.6) is 0 Å². The average molecular weight is 349 g/mol. The van der Waals surface area contributed by atoms with E-state index in [9.17, 15) is 14.5 Å². The molecule has 7 nitrogen and oxygen atoms in total. The van der Waals surface area contributed by atoms with Crippen molar-refractivity contribution in [2.45, 2.75) is 32.3 Å². The number of nitrogens with two attached hydrogens (primary N) is 1. The van der Waals surface area contributed by atoms with Gasteiger partial charge in [0.25, 0.3) is 0 Å². The molecule has 0 aromatic carbocycles. The van der Waals surface area contributed by atoms with Crippen molar-refractivity contribution in [3.63, 3.8) is 0 Å². The van der Waals surface area contributed by atoms with E-state index in [2.05, 4.69) is 11.9 Å². The van der Waals surface area contributed by atoms with Crippen LogP contribution in [0.2, 0.25) is 0 Å². The Labute approximate surface area is 127 Å². The number of hydrogen-bond donors (Lipinski definition) is 2. The first-order valence-electron chi connectivity index (χ1n) is 6.51. The summed E-state index contributed by atoms with van der Waals surface area (Å²) in [4.78, 5) is 15.7. The Morgan fingerprint density at radius 3 is 3.10 bits per heavy atom. The number of aromatic nitrogens is 2. The third-order valence-corrected chi connectivity index (χ3v) is 7.97. The van der Waals surface area contributed by atoms with Crippen molar-refractivity contribution in [3.05, 3.63) is 22.2 Å². The molecule has 0 aliphatic carbocycles. The molecule has 1 aliphatic rings. The molecule has 0 amide bonds. The molecule has 0 spiro atoms. The summed E-state index contributed by atoms with van der Waals surface area (Å²) in [5.74, 6) is 0.371. The molecule has 1 aliphatic heterocycles. The van der Waals surface area contributed by atoms with E-state index in [1.165, 1.54) is 10.8 Å². The standard InChI is InChI=1S/C11H18N3O4P3/c1-6-2-9(18-8(6)5-19-21-20-17)14-3-7(4-15)10(12)13-11(14)16/h3,6,8-9,15,19,21H,2,4-5H2,1H3,(H2,12,13,16)/t6?,8-,9-/m1/s1. The highest BCUT2D eigenvalue weighted by atomic mass is 32.4. The monoisotopic (exact) mass is 349 g/mol. The summed E-state index contributed by atoms with van der Waals surface area (Å²) in [6.07, 6.45) is 2.77. The van der Waals surface area contributed by atoms with E-state index in [-0.39, 0.29) is 32.9 Å². The molecule has 3 unspecified atom stereocenters. The lowest BCUT2D eigenvalue weighted by Gasteiger charge is -2.17. The zero-order chi connectivity index (χ0) is 15.4. The summed E-state index contributed by atoms with van der Waals surface area (Å²) in [5.41, 5.74) is 5.53. The largest absolute Gasteiger partial charge is 0.391 e. The van der Waals surface area contributed by atoms with Crippen molar-refractivity contribution in [1.82, 2.24) is 9.55 Å². The summed E-state index contributed by atoms with van der Waals surface area (Å²) in [5, 5.41) is 9.22. The van der Waals surface area contributed by atoms with Crippen LogP contribution < -0.4 is 11.4 Å². The highest BCUT2D eigenvalue weighted by Gasteiger charge is 2.33. The Hall–Kier alpha value is -0.440. The van der Waals surface area contributed by atoms with Gasteiger partial charge in [0.15, 0.2) is 8.15 Å². The van der Waals surface area contributed by atoms with Crippen molar-refractivity contribution < 1.29 is 14.4 Å². The van der Waals surface area contributed by atoms with Crippen molar-refractivity contribution in [1.29, 1.82) is 0 Å². The van der Waals surface area contributed by atoms with Gasteiger partial charge in [-0.25, -0.2) is 4.79 Å². The first kappa shape index (κ1) is 16.9. The molecule has 1 saturated heterocycles. The second-order valence-corrected chi connectivity index (χ2v) is 10.4. The van der Waals surface area contributed by atoms with Crippen LogP contribution in [0.1, 0.15) is 25.1 Å². The first-order chi connectivity index (χ1) is 10.1. The quantitative estimate of drug-likeness (QED) is 0.598. The summed E-state index contributed by atoms with van der Waals surface area (Å²) in [6, 6.07) is 0. The van der Waals surface area contributed by atoms with Crippen LogP contribution in [-0.4, -0.2) is 26.9 Å². The molecule has 5 atom stereocenters. The van der Waals surface area contributed by atoms with Gasteiger partial charge in [-0.1, -0.05) is 15.2 Å². The van der Waals surface area contributed by atoms with Gasteiger partial charge in [-0.15, -0.1) is 0 Å². The van der Waals surface area contributed by atoms with Gasteiger partial charge in [0.05, 0.1) is 12.7 Å². The minimum absolute atomic E-state index is 0.0541. The van der Waals surface area contributed by atoms with Crippen molar-refractivity contribution in [2.75, 3.05) is 11.9 Å². The highest BCUT2D eigenvalue weighted by molar-refractivity contribution is 8.40. The van der Waals surface area contributed by atoms with Crippen LogP contribution in [0.4, 0.5) is 5.82 Å². The summed E-state index contributed by atoms with van der Waals surface area (Å²) in [6.45, 7) is 1.81. The van der Waals surface area contributed by atoms with E-state index in [0.717, 1.165) is 6.16 Å². The van der Waals surface area contributed by atoms with Gasteiger partial charge in [0, 0.05) is 11.8 Å². The topological polar surface area (TPSA) is 107 Å². The maximum absolute atomic E-state index is 11.9. The molecule has 2 rings (SSSR count). The van der Waals surface area contributed by atoms with E-state index < -0.39 is 5.69 Å². The van der Waals surface area contributed by atoms with Gasteiger partial charge in [-0.2, -0.15) is 4.98 Å². The lowest BCUT2D eigenvalue weighted by Crippen LogP contribution is -2.29. The number of anilines is 1. The van der Waals surface area contributed by atoms with Gasteiger partial charge >= 0.3 is 5.69 Å². The van der Waals surface area contributed by atoms with Crippen LogP contribution in [-0.2, 0) is 15.9 Å². The smallest absolute Gasteiger partial charge is 0.351 e. The number of rotatable bonds is 6. The SMILES string of the molecule is CC1C[C@H](n2cc(CO)c(N)nc2=O)O[C@@H]1CPPP=O. The summed E-state index contributed by atoms with van der Waals surface area (Å²) in [7, 11) is 1.22. The molecule has 1 aromatic heterocycles. The normalized spacial score (nSPS) is 26.7. The molecule has 21 heavy (non-hydrogen) atoms. The fourth-order valence-electron chi connectivity index (χ4n) is 2.32. The fourth-order valence-corrected chi connectivity index (χ4v) is 5.65. The van der Waals surface area contributed by atoms with Crippen molar-refractivity contribution in [2.24, 2.45) is 5.92 Å². The average Bonchev–Trinajstić information content (AvgIpc) is 2.80. The first-order valence-corrected chi connectivity index (χ1v) is 11.4.